The fourth-order valence-corrected chi connectivity index (χ4v) is 2.00. The highest BCUT2D eigenvalue weighted by atomic mass is 35.5. The molecule has 0 heterocycles. The number of nitrogens with one attached hydrogen (secondary N) is 2. The Morgan fingerprint density at radius 2 is 2.00 bits per heavy atom. The molecule has 2 rings (SSSR count). The number of rotatable bonds is 4. The summed E-state index contributed by atoms with van der Waals surface area (Å²) in [5.41, 5.74) is 2.00. The maximum absolute atomic E-state index is 13.1. The lowest BCUT2D eigenvalue weighted by Gasteiger charge is -2.11. The van der Waals surface area contributed by atoms with E-state index in [0.29, 0.717) is 17.8 Å². The molecule has 3 nitrogen and oxygen atoms in total. The lowest BCUT2D eigenvalue weighted by molar-refractivity contribution is 0.102. The van der Waals surface area contributed by atoms with E-state index in [0.717, 1.165) is 5.56 Å². The highest BCUT2D eigenvalue weighted by Gasteiger charge is 2.10. The van der Waals surface area contributed by atoms with Crippen molar-refractivity contribution < 1.29 is 9.18 Å². The van der Waals surface area contributed by atoms with Gasteiger partial charge in [0, 0.05) is 17.8 Å². The van der Waals surface area contributed by atoms with E-state index >= 15 is 0 Å². The Morgan fingerprint density at radius 3 is 2.70 bits per heavy atom. The van der Waals surface area contributed by atoms with Crippen LogP contribution in [0.15, 0.2) is 42.5 Å². The van der Waals surface area contributed by atoms with Gasteiger partial charge in [0.1, 0.15) is 5.82 Å². The van der Waals surface area contributed by atoms with Crippen LogP contribution >= 0.6 is 11.6 Å². The van der Waals surface area contributed by atoms with Gasteiger partial charge in [-0.05, 0) is 36.9 Å². The lowest BCUT2D eigenvalue weighted by atomic mass is 10.1. The second-order valence-electron chi connectivity index (χ2n) is 4.27. The van der Waals surface area contributed by atoms with Crippen LogP contribution in [0.3, 0.4) is 0 Å². The fraction of sp³-hybridized carbons (Fsp3) is 0.133. The molecule has 0 aliphatic rings. The number of carbonyl (C=O) groups is 1. The van der Waals surface area contributed by atoms with Crippen molar-refractivity contribution in [1.29, 1.82) is 0 Å². The number of benzene rings is 2. The summed E-state index contributed by atoms with van der Waals surface area (Å²) in [6.07, 6.45) is 0. The van der Waals surface area contributed by atoms with E-state index in [-0.39, 0.29) is 10.9 Å². The van der Waals surface area contributed by atoms with Crippen molar-refractivity contribution in [2.24, 2.45) is 0 Å². The molecule has 0 saturated heterocycles. The van der Waals surface area contributed by atoms with Crippen LogP contribution in [0.2, 0.25) is 5.02 Å². The Labute approximate surface area is 121 Å². The van der Waals surface area contributed by atoms with Crippen LogP contribution in [-0.2, 0) is 6.54 Å². The zero-order valence-corrected chi connectivity index (χ0v) is 11.7. The Bertz CT molecular complexity index is 631. The summed E-state index contributed by atoms with van der Waals surface area (Å²) in [6.45, 7) is 0.640. The van der Waals surface area contributed by atoms with Gasteiger partial charge < -0.3 is 10.6 Å². The largest absolute Gasteiger partial charge is 0.322 e. The van der Waals surface area contributed by atoms with Crippen LogP contribution in [0.1, 0.15) is 15.9 Å². The maximum Gasteiger partial charge on any atom is 0.255 e. The van der Waals surface area contributed by atoms with Crippen molar-refractivity contribution in [3.05, 3.63) is 64.4 Å². The zero-order valence-electron chi connectivity index (χ0n) is 10.9. The molecule has 1 amide bonds. The molecular formula is C15H14ClFN2O. The molecule has 0 bridgehead atoms. The van der Waals surface area contributed by atoms with Gasteiger partial charge in [0.05, 0.1) is 5.02 Å². The molecule has 2 aromatic rings. The van der Waals surface area contributed by atoms with Gasteiger partial charge in [-0.15, -0.1) is 0 Å². The molecule has 0 spiro atoms. The van der Waals surface area contributed by atoms with Crippen molar-refractivity contribution in [1.82, 2.24) is 5.32 Å². The third-order valence-electron chi connectivity index (χ3n) is 2.81. The topological polar surface area (TPSA) is 41.1 Å². The van der Waals surface area contributed by atoms with E-state index in [1.807, 2.05) is 31.3 Å². The molecule has 0 radical (unpaired) electrons. The van der Waals surface area contributed by atoms with Gasteiger partial charge in [0.2, 0.25) is 0 Å². The van der Waals surface area contributed by atoms with Gasteiger partial charge in [-0.25, -0.2) is 4.39 Å². The molecule has 0 atom stereocenters. The van der Waals surface area contributed by atoms with Crippen molar-refractivity contribution in [3.63, 3.8) is 0 Å². The summed E-state index contributed by atoms with van der Waals surface area (Å²) < 4.78 is 13.1. The molecule has 104 valence electrons. The molecule has 0 aliphatic heterocycles. The highest BCUT2D eigenvalue weighted by molar-refractivity contribution is 6.31. The van der Waals surface area contributed by atoms with Crippen LogP contribution in [0.4, 0.5) is 10.1 Å². The minimum Gasteiger partial charge on any atom is -0.322 e. The van der Waals surface area contributed by atoms with E-state index in [4.69, 9.17) is 11.6 Å². The van der Waals surface area contributed by atoms with Crippen molar-refractivity contribution >= 4 is 23.2 Å². The van der Waals surface area contributed by atoms with Gasteiger partial charge in [0.25, 0.3) is 5.91 Å². The van der Waals surface area contributed by atoms with Crippen LogP contribution in [0.5, 0.6) is 0 Å². The number of amides is 1. The molecule has 2 aromatic carbocycles. The van der Waals surface area contributed by atoms with Crippen molar-refractivity contribution in [3.8, 4) is 0 Å². The van der Waals surface area contributed by atoms with Crippen molar-refractivity contribution in [2.45, 2.75) is 6.54 Å². The Hall–Kier alpha value is -1.91. The monoisotopic (exact) mass is 292 g/mol. The van der Waals surface area contributed by atoms with Crippen LogP contribution in [0.25, 0.3) is 0 Å². The maximum atomic E-state index is 13.1. The first-order valence-electron chi connectivity index (χ1n) is 6.10. The summed E-state index contributed by atoms with van der Waals surface area (Å²) in [7, 11) is 1.83. The van der Waals surface area contributed by atoms with E-state index in [9.17, 15) is 9.18 Å². The summed E-state index contributed by atoms with van der Waals surface area (Å²) in [5.74, 6) is -0.866. The predicted molar refractivity (Wildman–Crippen MR) is 78.6 cm³/mol. The minimum atomic E-state index is -0.543. The minimum absolute atomic E-state index is 0.0684. The van der Waals surface area contributed by atoms with Gasteiger partial charge >= 0.3 is 0 Å². The summed E-state index contributed by atoms with van der Waals surface area (Å²) >= 11 is 5.68. The second kappa shape index (κ2) is 6.50. The van der Waals surface area contributed by atoms with Crippen molar-refractivity contribution in [2.75, 3.05) is 12.4 Å². The zero-order chi connectivity index (χ0) is 14.5. The number of halogens is 2. The van der Waals surface area contributed by atoms with Gasteiger partial charge in [-0.1, -0.05) is 29.8 Å². The van der Waals surface area contributed by atoms with Crippen LogP contribution < -0.4 is 10.6 Å². The molecule has 20 heavy (non-hydrogen) atoms. The smallest absolute Gasteiger partial charge is 0.255 e. The molecular weight excluding hydrogens is 279 g/mol. The van der Waals surface area contributed by atoms with Crippen LogP contribution in [-0.4, -0.2) is 13.0 Å². The second-order valence-corrected chi connectivity index (χ2v) is 4.68. The lowest BCUT2D eigenvalue weighted by Crippen LogP contribution is -2.15. The summed E-state index contributed by atoms with van der Waals surface area (Å²) in [6, 6.07) is 11.4. The van der Waals surface area contributed by atoms with Gasteiger partial charge in [0.15, 0.2) is 0 Å². The quantitative estimate of drug-likeness (QED) is 0.906. The Morgan fingerprint density at radius 1 is 1.25 bits per heavy atom. The highest BCUT2D eigenvalue weighted by Crippen LogP contribution is 2.19. The predicted octanol–water partition coefficient (Wildman–Crippen LogP) is 3.45. The summed E-state index contributed by atoms with van der Waals surface area (Å²) in [4.78, 5) is 12.1. The number of anilines is 1. The Kier molecular flexibility index (Phi) is 4.71. The molecule has 5 heteroatoms. The number of hydrogen-bond acceptors (Lipinski definition) is 2. The molecule has 0 aromatic heterocycles. The summed E-state index contributed by atoms with van der Waals surface area (Å²) in [5, 5.41) is 5.76. The molecule has 0 fully saturated rings. The first-order valence-corrected chi connectivity index (χ1v) is 6.48. The van der Waals surface area contributed by atoms with Gasteiger partial charge in [-0.3, -0.25) is 4.79 Å². The molecule has 0 unspecified atom stereocenters. The number of carbonyl (C=O) groups excluding carboxylic acids is 1. The van der Waals surface area contributed by atoms with Crippen LogP contribution in [0, 0.1) is 5.82 Å². The third-order valence-corrected chi connectivity index (χ3v) is 3.10. The number of hydrogen-bond donors (Lipinski definition) is 2. The van der Waals surface area contributed by atoms with Gasteiger partial charge in [-0.2, -0.15) is 0 Å². The average molecular weight is 293 g/mol. The number of para-hydroxylation sites is 1. The van der Waals surface area contributed by atoms with E-state index in [1.165, 1.54) is 18.2 Å². The first kappa shape index (κ1) is 14.5. The fourth-order valence-electron chi connectivity index (χ4n) is 1.82. The molecule has 2 N–H and O–H groups in total. The average Bonchev–Trinajstić information content (AvgIpc) is 2.44. The van der Waals surface area contributed by atoms with E-state index in [1.54, 1.807) is 0 Å². The third kappa shape index (κ3) is 3.35. The first-order chi connectivity index (χ1) is 9.61. The SMILES string of the molecule is CNCc1ccccc1NC(=O)c1ccc(F)c(Cl)c1. The molecule has 0 aliphatic carbocycles. The molecule has 0 saturated carbocycles. The standard InChI is InChI=1S/C15H14ClFN2O/c1-18-9-11-4-2-3-5-14(11)19-15(20)10-6-7-13(17)12(16)8-10/h2-8,18H,9H2,1H3,(H,19,20). The van der Waals surface area contributed by atoms with E-state index in [2.05, 4.69) is 10.6 Å². The van der Waals surface area contributed by atoms with E-state index < -0.39 is 5.82 Å². The normalized spacial score (nSPS) is 10.3. The Balaban J connectivity index is 2.21.